The van der Waals surface area contributed by atoms with E-state index in [1.807, 2.05) is 13.8 Å². The Labute approximate surface area is 141 Å². The quantitative estimate of drug-likeness (QED) is 0.911. The summed E-state index contributed by atoms with van der Waals surface area (Å²) in [6, 6.07) is 5.28. The van der Waals surface area contributed by atoms with Gasteiger partial charge in [-0.05, 0) is 50.8 Å². The van der Waals surface area contributed by atoms with Crippen molar-refractivity contribution in [2.75, 3.05) is 18.1 Å². The molecule has 1 unspecified atom stereocenters. The van der Waals surface area contributed by atoms with Crippen molar-refractivity contribution >= 4 is 26.8 Å². The summed E-state index contributed by atoms with van der Waals surface area (Å²) in [4.78, 5) is 21.2. The number of carbonyl (C=O) groups excluding carboxylic acids is 1. The van der Waals surface area contributed by atoms with Gasteiger partial charge < -0.3 is 5.32 Å². The van der Waals surface area contributed by atoms with Crippen LogP contribution in [-0.2, 0) is 9.84 Å². The topological polar surface area (TPSA) is 89.0 Å². The molecule has 2 aromatic rings. The van der Waals surface area contributed by atoms with Gasteiger partial charge in [0.05, 0.1) is 33.9 Å². The van der Waals surface area contributed by atoms with E-state index in [2.05, 4.69) is 15.3 Å². The Kier molecular flexibility index (Phi) is 4.54. The van der Waals surface area contributed by atoms with Crippen molar-refractivity contribution in [2.45, 2.75) is 26.7 Å². The Balaban J connectivity index is 1.63. The van der Waals surface area contributed by atoms with Crippen LogP contribution in [0.5, 0.6) is 0 Å². The van der Waals surface area contributed by atoms with Crippen LogP contribution in [0.4, 0.5) is 0 Å². The highest BCUT2D eigenvalue weighted by molar-refractivity contribution is 7.91. The van der Waals surface area contributed by atoms with Crippen LogP contribution in [0.2, 0.25) is 0 Å². The molecule has 0 radical (unpaired) electrons. The average Bonchev–Trinajstić information content (AvgIpc) is 2.87. The van der Waals surface area contributed by atoms with Gasteiger partial charge in [0, 0.05) is 12.1 Å². The lowest BCUT2D eigenvalue weighted by Crippen LogP contribution is -2.26. The highest BCUT2D eigenvalue weighted by Gasteiger charge is 2.27. The number of rotatable bonds is 4. The van der Waals surface area contributed by atoms with Gasteiger partial charge in [0.1, 0.15) is 0 Å². The van der Waals surface area contributed by atoms with Gasteiger partial charge in [0.15, 0.2) is 9.84 Å². The molecule has 1 N–H and O–H groups in total. The summed E-state index contributed by atoms with van der Waals surface area (Å²) in [5.74, 6) is 0.502. The van der Waals surface area contributed by atoms with Crippen molar-refractivity contribution in [3.63, 3.8) is 0 Å². The highest BCUT2D eigenvalue weighted by Crippen LogP contribution is 2.21. The molecule has 24 heavy (non-hydrogen) atoms. The Morgan fingerprint density at radius 1 is 1.21 bits per heavy atom. The molecule has 2 heterocycles. The van der Waals surface area contributed by atoms with Crippen LogP contribution < -0.4 is 5.32 Å². The van der Waals surface area contributed by atoms with Gasteiger partial charge in [0.2, 0.25) is 0 Å². The van der Waals surface area contributed by atoms with Crippen molar-refractivity contribution < 1.29 is 13.2 Å². The number of benzene rings is 1. The first-order valence-electron chi connectivity index (χ1n) is 8.08. The molecule has 128 valence electrons. The first kappa shape index (κ1) is 16.8. The van der Waals surface area contributed by atoms with E-state index in [9.17, 15) is 13.2 Å². The Morgan fingerprint density at radius 2 is 1.92 bits per heavy atom. The van der Waals surface area contributed by atoms with Gasteiger partial charge in [0.25, 0.3) is 5.91 Å². The second-order valence-corrected chi connectivity index (χ2v) is 8.64. The molecule has 1 aliphatic rings. The maximum atomic E-state index is 12.3. The minimum Gasteiger partial charge on any atom is -0.352 e. The summed E-state index contributed by atoms with van der Waals surface area (Å²) >= 11 is 0. The van der Waals surface area contributed by atoms with Crippen LogP contribution in [0.25, 0.3) is 11.0 Å². The third-order valence-corrected chi connectivity index (χ3v) is 6.34. The van der Waals surface area contributed by atoms with E-state index in [1.165, 1.54) is 0 Å². The van der Waals surface area contributed by atoms with Crippen molar-refractivity contribution in [3.8, 4) is 0 Å². The fraction of sp³-hybridized carbons (Fsp3) is 0.471. The Morgan fingerprint density at radius 3 is 2.58 bits per heavy atom. The third kappa shape index (κ3) is 3.72. The summed E-state index contributed by atoms with van der Waals surface area (Å²) in [6.07, 6.45) is 1.39. The van der Waals surface area contributed by atoms with E-state index >= 15 is 0 Å². The minimum absolute atomic E-state index is 0.156. The smallest absolute Gasteiger partial charge is 0.251 e. The first-order chi connectivity index (χ1) is 11.3. The van der Waals surface area contributed by atoms with E-state index in [1.54, 1.807) is 18.2 Å². The highest BCUT2D eigenvalue weighted by atomic mass is 32.2. The van der Waals surface area contributed by atoms with E-state index in [0.29, 0.717) is 30.5 Å². The summed E-state index contributed by atoms with van der Waals surface area (Å²) in [5, 5.41) is 2.86. The zero-order chi connectivity index (χ0) is 17.3. The molecule has 1 fully saturated rings. The van der Waals surface area contributed by atoms with Crippen molar-refractivity contribution in [3.05, 3.63) is 35.2 Å². The molecule has 0 spiro atoms. The molecule has 1 atom stereocenters. The second kappa shape index (κ2) is 6.47. The van der Waals surface area contributed by atoms with Gasteiger partial charge in [-0.3, -0.25) is 4.79 Å². The van der Waals surface area contributed by atoms with Crippen molar-refractivity contribution in [1.82, 2.24) is 15.3 Å². The van der Waals surface area contributed by atoms with Crippen LogP contribution in [-0.4, -0.2) is 42.3 Å². The predicted octanol–water partition coefficient (Wildman–Crippen LogP) is 1.80. The van der Waals surface area contributed by atoms with Crippen LogP contribution in [0.15, 0.2) is 18.2 Å². The van der Waals surface area contributed by atoms with Crippen molar-refractivity contribution in [2.24, 2.45) is 5.92 Å². The van der Waals surface area contributed by atoms with Gasteiger partial charge >= 0.3 is 0 Å². The van der Waals surface area contributed by atoms with E-state index in [-0.39, 0.29) is 23.3 Å². The van der Waals surface area contributed by atoms with E-state index in [0.717, 1.165) is 16.9 Å². The number of amides is 1. The SMILES string of the molecule is Cc1nc2ccc(C(=O)NCCC3CCS(=O)(=O)C3)cc2nc1C. The largest absolute Gasteiger partial charge is 0.352 e. The molecule has 1 aromatic carbocycles. The van der Waals surface area contributed by atoms with Crippen LogP contribution in [0.3, 0.4) is 0 Å². The molecule has 1 amide bonds. The summed E-state index contributed by atoms with van der Waals surface area (Å²) in [5.41, 5.74) is 3.74. The number of aromatic nitrogens is 2. The number of nitrogens with zero attached hydrogens (tertiary/aromatic N) is 2. The Bertz CT molecular complexity index is 893. The lowest BCUT2D eigenvalue weighted by molar-refractivity contribution is 0.0952. The average molecular weight is 347 g/mol. The summed E-state index contributed by atoms with van der Waals surface area (Å²) in [6.45, 7) is 4.28. The molecule has 6 nitrogen and oxygen atoms in total. The first-order valence-corrected chi connectivity index (χ1v) is 9.90. The monoisotopic (exact) mass is 347 g/mol. The number of hydrogen-bond acceptors (Lipinski definition) is 5. The molecule has 0 bridgehead atoms. The normalized spacial score (nSPS) is 19.5. The van der Waals surface area contributed by atoms with Gasteiger partial charge in [-0.1, -0.05) is 0 Å². The summed E-state index contributed by atoms with van der Waals surface area (Å²) in [7, 11) is -2.86. The van der Waals surface area contributed by atoms with Gasteiger partial charge in [-0.25, -0.2) is 18.4 Å². The zero-order valence-corrected chi connectivity index (χ0v) is 14.7. The molecule has 0 aliphatic carbocycles. The molecule has 0 saturated carbocycles. The lowest BCUT2D eigenvalue weighted by atomic mass is 10.1. The van der Waals surface area contributed by atoms with Crippen LogP contribution in [0, 0.1) is 19.8 Å². The number of fused-ring (bicyclic) bond motifs is 1. The zero-order valence-electron chi connectivity index (χ0n) is 13.9. The molecule has 7 heteroatoms. The van der Waals surface area contributed by atoms with Crippen LogP contribution >= 0.6 is 0 Å². The molecular formula is C17H21N3O3S. The number of aryl methyl sites for hydroxylation is 2. The van der Waals surface area contributed by atoms with E-state index in [4.69, 9.17) is 0 Å². The number of nitrogens with one attached hydrogen (secondary N) is 1. The van der Waals surface area contributed by atoms with E-state index < -0.39 is 9.84 Å². The second-order valence-electron chi connectivity index (χ2n) is 6.41. The molecule has 3 rings (SSSR count). The Hall–Kier alpha value is -2.02. The fourth-order valence-electron chi connectivity index (χ4n) is 2.96. The van der Waals surface area contributed by atoms with Crippen molar-refractivity contribution in [1.29, 1.82) is 0 Å². The van der Waals surface area contributed by atoms with Gasteiger partial charge in [-0.15, -0.1) is 0 Å². The predicted molar refractivity (Wildman–Crippen MR) is 92.7 cm³/mol. The molecule has 1 saturated heterocycles. The number of carbonyl (C=O) groups is 1. The molecule has 1 aromatic heterocycles. The lowest BCUT2D eigenvalue weighted by Gasteiger charge is -2.09. The van der Waals surface area contributed by atoms with Gasteiger partial charge in [-0.2, -0.15) is 0 Å². The minimum atomic E-state index is -2.86. The number of sulfone groups is 1. The summed E-state index contributed by atoms with van der Waals surface area (Å²) < 4.78 is 22.9. The third-order valence-electron chi connectivity index (χ3n) is 4.50. The van der Waals surface area contributed by atoms with Crippen LogP contribution in [0.1, 0.15) is 34.6 Å². The maximum absolute atomic E-state index is 12.3. The molecular weight excluding hydrogens is 326 g/mol. The standard InChI is InChI=1S/C17H21N3O3S/c1-11-12(2)20-16-9-14(3-4-15(16)19-11)17(21)18-7-5-13-6-8-24(22,23)10-13/h3-4,9,13H,5-8,10H2,1-2H3,(H,18,21). The fourth-order valence-corrected chi connectivity index (χ4v) is 4.87. The molecule has 1 aliphatic heterocycles. The number of hydrogen-bond donors (Lipinski definition) is 1. The maximum Gasteiger partial charge on any atom is 0.251 e.